The molecule has 0 saturated heterocycles. The van der Waals surface area contributed by atoms with E-state index in [0.717, 1.165) is 19.3 Å². The Bertz CT molecular complexity index is 1100. The molecule has 0 bridgehead atoms. The fourth-order valence-electron chi connectivity index (χ4n) is 5.98. The van der Waals surface area contributed by atoms with Crippen molar-refractivity contribution in [2.75, 3.05) is 26.4 Å². The molecule has 3 unspecified atom stereocenters. The second-order valence-corrected chi connectivity index (χ2v) is 13.7. The Kier molecular flexibility index (Phi) is 32.4. The fourth-order valence-corrected chi connectivity index (χ4v) is 5.98. The van der Waals surface area contributed by atoms with Crippen LogP contribution in [0.25, 0.3) is 0 Å². The van der Waals surface area contributed by atoms with Crippen LogP contribution in [0.4, 0.5) is 0 Å². The molecule has 318 valence electrons. The van der Waals surface area contributed by atoms with Gasteiger partial charge >= 0.3 is 23.9 Å². The second kappa shape index (κ2) is 34.8. The number of carbonyl (C=O) groups excluding carboxylic acids is 7. The van der Waals surface area contributed by atoms with Gasteiger partial charge in [0.05, 0.1) is 26.4 Å². The van der Waals surface area contributed by atoms with Gasteiger partial charge in [-0.15, -0.1) is 0 Å². The van der Waals surface area contributed by atoms with E-state index in [1.165, 1.54) is 70.6 Å². The van der Waals surface area contributed by atoms with Crippen molar-refractivity contribution < 1.29 is 52.5 Å². The maximum Gasteiger partial charge on any atom is 0.328 e. The zero-order valence-corrected chi connectivity index (χ0v) is 34.6. The van der Waals surface area contributed by atoms with Gasteiger partial charge in [-0.25, -0.2) is 9.59 Å². The quantitative estimate of drug-likeness (QED) is 0.0372. The van der Waals surface area contributed by atoms with Crippen LogP contribution in [0.15, 0.2) is 0 Å². The first-order valence-electron chi connectivity index (χ1n) is 21.1. The first kappa shape index (κ1) is 51.3. The summed E-state index contributed by atoms with van der Waals surface area (Å²) in [6.45, 7) is 9.21. The van der Waals surface area contributed by atoms with E-state index < -0.39 is 53.8 Å². The van der Waals surface area contributed by atoms with Gasteiger partial charge in [0.25, 0.3) is 0 Å². The number of amides is 3. The first-order valence-corrected chi connectivity index (χ1v) is 21.1. The van der Waals surface area contributed by atoms with Crippen LogP contribution < -0.4 is 16.0 Å². The number of carbonyl (C=O) groups is 7. The molecule has 0 aromatic carbocycles. The Morgan fingerprint density at radius 3 is 1.15 bits per heavy atom. The molecule has 3 amide bonds. The summed E-state index contributed by atoms with van der Waals surface area (Å²) >= 11 is 0. The minimum absolute atomic E-state index is 0.0437. The monoisotopic (exact) mass is 784 g/mol. The van der Waals surface area contributed by atoms with E-state index in [1.54, 1.807) is 27.7 Å². The minimum atomic E-state index is -1.21. The van der Waals surface area contributed by atoms with E-state index in [4.69, 9.17) is 18.9 Å². The van der Waals surface area contributed by atoms with Crippen molar-refractivity contribution in [2.24, 2.45) is 0 Å². The third-order valence-electron chi connectivity index (χ3n) is 9.00. The molecule has 14 nitrogen and oxygen atoms in total. The van der Waals surface area contributed by atoms with Crippen molar-refractivity contribution in [3.63, 3.8) is 0 Å². The van der Waals surface area contributed by atoms with Crippen molar-refractivity contribution in [3.05, 3.63) is 0 Å². The van der Waals surface area contributed by atoms with Crippen molar-refractivity contribution in [1.29, 1.82) is 0 Å². The van der Waals surface area contributed by atoms with E-state index in [0.29, 0.717) is 6.42 Å². The van der Waals surface area contributed by atoms with E-state index >= 15 is 0 Å². The van der Waals surface area contributed by atoms with Crippen LogP contribution >= 0.6 is 0 Å². The molecule has 55 heavy (non-hydrogen) atoms. The topological polar surface area (TPSA) is 192 Å². The zero-order valence-electron chi connectivity index (χ0n) is 34.6. The standard InChI is InChI=1S/C41H73N3O11/c1-6-11-12-13-14-15-16-17-18-19-20-21-22-23-24-25-35(45)42-32(39(49)44-34(41(51)55-10-5)28-31-38(48)53-8-3)26-29-36(46)43-33(40(50)54-9-4)27-30-37(47)52-7-2/h32-34H,6-31H2,1-5H3,(H,42,45)(H,43,46)(H,44,49). The van der Waals surface area contributed by atoms with Gasteiger partial charge in [0.1, 0.15) is 18.1 Å². The van der Waals surface area contributed by atoms with Crippen LogP contribution in [-0.2, 0) is 52.5 Å². The number of hydrogen-bond donors (Lipinski definition) is 3. The Morgan fingerprint density at radius 2 is 0.727 bits per heavy atom. The smallest absolute Gasteiger partial charge is 0.328 e. The minimum Gasteiger partial charge on any atom is -0.466 e. The van der Waals surface area contributed by atoms with Gasteiger partial charge in [-0.05, 0) is 53.4 Å². The van der Waals surface area contributed by atoms with Crippen LogP contribution in [0.5, 0.6) is 0 Å². The summed E-state index contributed by atoms with van der Waals surface area (Å²) < 4.78 is 20.0. The van der Waals surface area contributed by atoms with Crippen LogP contribution in [0, 0.1) is 0 Å². The Balaban J connectivity index is 5.27. The van der Waals surface area contributed by atoms with Gasteiger partial charge < -0.3 is 34.9 Å². The van der Waals surface area contributed by atoms with Gasteiger partial charge in [0.15, 0.2) is 0 Å². The van der Waals surface area contributed by atoms with E-state index in [2.05, 4.69) is 22.9 Å². The average molecular weight is 784 g/mol. The lowest BCUT2D eigenvalue weighted by Gasteiger charge is -2.23. The number of ether oxygens (including phenoxy) is 4. The van der Waals surface area contributed by atoms with Gasteiger partial charge in [-0.2, -0.15) is 0 Å². The highest BCUT2D eigenvalue weighted by atomic mass is 16.5. The van der Waals surface area contributed by atoms with Gasteiger partial charge in [0.2, 0.25) is 17.7 Å². The predicted molar refractivity (Wildman–Crippen MR) is 210 cm³/mol. The lowest BCUT2D eigenvalue weighted by Crippen LogP contribution is -2.52. The summed E-state index contributed by atoms with van der Waals surface area (Å²) in [6, 6.07) is -3.54. The summed E-state index contributed by atoms with van der Waals surface area (Å²) in [4.78, 5) is 88.7. The molecule has 0 aliphatic rings. The summed E-state index contributed by atoms with van der Waals surface area (Å²) in [5.74, 6) is -4.27. The van der Waals surface area contributed by atoms with E-state index in [1.807, 2.05) is 0 Å². The third kappa shape index (κ3) is 28.4. The van der Waals surface area contributed by atoms with Gasteiger partial charge in [-0.3, -0.25) is 24.0 Å². The molecule has 0 aromatic rings. The van der Waals surface area contributed by atoms with E-state index in [9.17, 15) is 33.6 Å². The van der Waals surface area contributed by atoms with Crippen molar-refractivity contribution in [2.45, 2.75) is 194 Å². The molecule has 0 radical (unpaired) electrons. The third-order valence-corrected chi connectivity index (χ3v) is 9.00. The van der Waals surface area contributed by atoms with Crippen LogP contribution in [0.2, 0.25) is 0 Å². The number of rotatable bonds is 35. The zero-order chi connectivity index (χ0) is 41.1. The van der Waals surface area contributed by atoms with Crippen molar-refractivity contribution in [1.82, 2.24) is 16.0 Å². The SMILES string of the molecule is CCCCCCCCCCCCCCCCCC(=O)NC(CCC(=O)NC(CCC(=O)OCC)C(=O)OCC)C(=O)NC(CCC(=O)OCC)C(=O)OCC. The number of nitrogens with one attached hydrogen (secondary N) is 3. The molecule has 3 N–H and O–H groups in total. The first-order chi connectivity index (χ1) is 26.5. The molecule has 0 aromatic heterocycles. The maximum atomic E-state index is 13.5. The summed E-state index contributed by atoms with van der Waals surface area (Å²) in [7, 11) is 0. The molecule has 0 rings (SSSR count). The van der Waals surface area contributed by atoms with Gasteiger partial charge in [-0.1, -0.05) is 96.8 Å². The predicted octanol–water partition coefficient (Wildman–Crippen LogP) is 6.30. The highest BCUT2D eigenvalue weighted by Gasteiger charge is 2.30. The number of esters is 4. The number of unbranched alkanes of at least 4 members (excludes halogenated alkanes) is 14. The molecule has 0 aliphatic carbocycles. The average Bonchev–Trinajstić information content (AvgIpc) is 3.15. The molecular formula is C41H73N3O11. The van der Waals surface area contributed by atoms with Crippen LogP contribution in [-0.4, -0.2) is 86.2 Å². The second-order valence-electron chi connectivity index (χ2n) is 13.7. The molecule has 0 aliphatic heterocycles. The van der Waals surface area contributed by atoms with Crippen molar-refractivity contribution in [3.8, 4) is 0 Å². The largest absolute Gasteiger partial charge is 0.466 e. The molecule has 3 atom stereocenters. The van der Waals surface area contributed by atoms with Crippen LogP contribution in [0.1, 0.15) is 176 Å². The Labute approximate surface area is 330 Å². The Hall–Kier alpha value is -3.71. The Morgan fingerprint density at radius 1 is 0.382 bits per heavy atom. The molecule has 0 spiro atoms. The fraction of sp³-hybridized carbons (Fsp3) is 0.829. The van der Waals surface area contributed by atoms with E-state index in [-0.39, 0.29) is 77.3 Å². The lowest BCUT2D eigenvalue weighted by atomic mass is 10.0. The summed E-state index contributed by atoms with van der Waals surface area (Å²) in [5.41, 5.74) is 0. The molecule has 0 saturated carbocycles. The van der Waals surface area contributed by atoms with Crippen LogP contribution in [0.3, 0.4) is 0 Å². The highest BCUT2D eigenvalue weighted by Crippen LogP contribution is 2.14. The summed E-state index contributed by atoms with van der Waals surface area (Å²) in [5, 5.41) is 7.84. The molecular weight excluding hydrogens is 710 g/mol. The maximum absolute atomic E-state index is 13.5. The summed E-state index contributed by atoms with van der Waals surface area (Å²) in [6.07, 6.45) is 17.2. The molecule has 0 fully saturated rings. The van der Waals surface area contributed by atoms with Gasteiger partial charge in [0, 0.05) is 25.7 Å². The lowest BCUT2D eigenvalue weighted by molar-refractivity contribution is -0.149. The highest BCUT2D eigenvalue weighted by molar-refractivity contribution is 5.91. The number of hydrogen-bond acceptors (Lipinski definition) is 11. The normalized spacial score (nSPS) is 12.5. The van der Waals surface area contributed by atoms with Crippen molar-refractivity contribution >= 4 is 41.6 Å². The molecule has 0 heterocycles. The molecule has 14 heteroatoms.